The van der Waals surface area contributed by atoms with Crippen molar-refractivity contribution < 1.29 is 33.3 Å². The van der Waals surface area contributed by atoms with Gasteiger partial charge in [0.05, 0.1) is 28.4 Å². The lowest BCUT2D eigenvalue weighted by Crippen LogP contribution is -2.46. The first-order valence-corrected chi connectivity index (χ1v) is 22.4. The summed E-state index contributed by atoms with van der Waals surface area (Å²) in [6.07, 6.45) is 2.50. The first kappa shape index (κ1) is 52.7. The highest BCUT2D eigenvalue weighted by molar-refractivity contribution is 6.13. The minimum atomic E-state index is -0.711. The predicted molar refractivity (Wildman–Crippen MR) is 264 cm³/mol. The topological polar surface area (TPSA) is 91.4 Å². The SMILES string of the molecule is CC.CC.CC1CC(C)(C)CC(c2ccccc2)(c2ccccc2)C1.COC(=O)OC.COC(=O)OC.O=C1c2ccccc2C(c2ccccc2)(c2ccccc2)N1c1ccccc1. The van der Waals surface area contributed by atoms with Crippen molar-refractivity contribution in [1.82, 2.24) is 0 Å². The second-order valence-corrected chi connectivity index (χ2v) is 15.9. The van der Waals surface area contributed by atoms with E-state index in [2.05, 4.69) is 131 Å². The number of carbonyl (C=O) groups is 3. The van der Waals surface area contributed by atoms with Crippen LogP contribution in [0.3, 0.4) is 0 Å². The summed E-state index contributed by atoms with van der Waals surface area (Å²) in [7, 11) is 5.02. The second-order valence-electron chi connectivity index (χ2n) is 15.9. The molecule has 0 radical (unpaired) electrons. The Morgan fingerprint density at radius 3 is 1.18 bits per heavy atom. The Kier molecular flexibility index (Phi) is 21.2. The normalized spacial score (nSPS) is 15.5. The molecule has 2 aliphatic rings. The van der Waals surface area contributed by atoms with E-state index >= 15 is 0 Å². The van der Waals surface area contributed by atoms with Crippen LogP contribution in [0.1, 0.15) is 106 Å². The molecule has 1 saturated carbocycles. The van der Waals surface area contributed by atoms with Gasteiger partial charge < -0.3 is 18.9 Å². The van der Waals surface area contributed by atoms with Crippen molar-refractivity contribution >= 4 is 23.9 Å². The fraction of sp³-hybridized carbons (Fsp3) is 0.316. The molecule has 1 fully saturated rings. The van der Waals surface area contributed by atoms with E-state index < -0.39 is 17.8 Å². The predicted octanol–water partition coefficient (Wildman–Crippen LogP) is 14.3. The summed E-state index contributed by atoms with van der Waals surface area (Å²) >= 11 is 0. The number of anilines is 1. The van der Waals surface area contributed by atoms with Gasteiger partial charge in [-0.3, -0.25) is 9.69 Å². The molecule has 344 valence electrons. The van der Waals surface area contributed by atoms with Crippen LogP contribution < -0.4 is 4.90 Å². The second kappa shape index (κ2) is 26.2. The molecule has 1 amide bonds. The molecule has 65 heavy (non-hydrogen) atoms. The van der Waals surface area contributed by atoms with Crippen LogP contribution in [0.2, 0.25) is 0 Å². The lowest BCUT2D eigenvalue weighted by atomic mass is 9.55. The summed E-state index contributed by atoms with van der Waals surface area (Å²) in [5, 5.41) is 0. The number of ether oxygens (including phenoxy) is 4. The standard InChI is InChI=1S/C26H19NO.C21H26.2C3H6O3.2C2H6/c28-25-23-18-10-11-19-24(23)26(20-12-4-1-5-13-20,21-14-6-2-7-15-21)27(25)22-16-8-3-9-17-22;1-17-14-20(2,3)16-21(15-17,18-10-6-4-7-11-18)19-12-8-5-9-13-19;2*1-5-3(4)6-2;2*1-2/h1-19H;4-13,17H,14-16H2,1-3H3;2*1-2H3;2*1-2H3. The lowest BCUT2D eigenvalue weighted by molar-refractivity contribution is 0.0915. The highest BCUT2D eigenvalue weighted by Gasteiger charge is 2.52. The van der Waals surface area contributed by atoms with E-state index in [0.29, 0.717) is 5.41 Å². The third-order valence-corrected chi connectivity index (χ3v) is 11.2. The maximum absolute atomic E-state index is 13.7. The number of methoxy groups -OCH3 is 4. The van der Waals surface area contributed by atoms with Crippen molar-refractivity contribution in [1.29, 1.82) is 0 Å². The average Bonchev–Trinajstić information content (AvgIpc) is 3.64. The van der Waals surface area contributed by atoms with Gasteiger partial charge >= 0.3 is 12.3 Å². The van der Waals surface area contributed by atoms with Gasteiger partial charge in [-0.25, -0.2) is 9.59 Å². The molecule has 0 bridgehead atoms. The van der Waals surface area contributed by atoms with Gasteiger partial charge in [0.25, 0.3) is 5.91 Å². The summed E-state index contributed by atoms with van der Waals surface area (Å²) in [6, 6.07) is 60.8. The fourth-order valence-corrected chi connectivity index (χ4v) is 9.22. The van der Waals surface area contributed by atoms with E-state index in [1.54, 1.807) is 0 Å². The molecule has 1 unspecified atom stereocenters. The van der Waals surface area contributed by atoms with Gasteiger partial charge in [0.1, 0.15) is 5.54 Å². The van der Waals surface area contributed by atoms with Gasteiger partial charge in [-0.05, 0) is 76.6 Å². The molecule has 8 nitrogen and oxygen atoms in total. The molecule has 1 aliphatic carbocycles. The minimum absolute atomic E-state index is 0.0227. The number of carbonyl (C=O) groups excluding carboxylic acids is 3. The Morgan fingerprint density at radius 2 is 0.831 bits per heavy atom. The molecule has 0 N–H and O–H groups in total. The Bertz CT molecular complexity index is 2180. The smallest absolute Gasteiger partial charge is 0.438 e. The van der Waals surface area contributed by atoms with Gasteiger partial charge in [-0.2, -0.15) is 0 Å². The molecular formula is C57H69NO7. The summed E-state index contributed by atoms with van der Waals surface area (Å²) in [5.74, 6) is 0.781. The van der Waals surface area contributed by atoms with Crippen LogP contribution in [0, 0.1) is 11.3 Å². The van der Waals surface area contributed by atoms with E-state index in [4.69, 9.17) is 0 Å². The van der Waals surface area contributed by atoms with Crippen LogP contribution >= 0.6 is 0 Å². The van der Waals surface area contributed by atoms with E-state index in [-0.39, 0.29) is 11.3 Å². The molecule has 0 spiro atoms. The number of amides is 1. The minimum Gasteiger partial charge on any atom is -0.438 e. The van der Waals surface area contributed by atoms with E-state index in [1.165, 1.54) is 58.8 Å². The van der Waals surface area contributed by atoms with Crippen LogP contribution in [0.5, 0.6) is 0 Å². The Balaban J connectivity index is 0.000000266. The molecule has 8 rings (SSSR count). The Morgan fingerprint density at radius 1 is 0.492 bits per heavy atom. The van der Waals surface area contributed by atoms with Gasteiger partial charge in [-0.1, -0.05) is 206 Å². The van der Waals surface area contributed by atoms with Crippen LogP contribution in [0.15, 0.2) is 176 Å². The third-order valence-electron chi connectivity index (χ3n) is 11.2. The first-order valence-electron chi connectivity index (χ1n) is 22.4. The van der Waals surface area contributed by atoms with Crippen molar-refractivity contribution in [3.8, 4) is 0 Å². The van der Waals surface area contributed by atoms with Gasteiger partial charge in [-0.15, -0.1) is 0 Å². The number of hydrogen-bond donors (Lipinski definition) is 0. The van der Waals surface area contributed by atoms with Gasteiger partial charge in [0.2, 0.25) is 0 Å². The zero-order chi connectivity index (χ0) is 47.9. The molecule has 0 saturated heterocycles. The average molecular weight is 880 g/mol. The van der Waals surface area contributed by atoms with Crippen molar-refractivity contribution in [3.05, 3.63) is 209 Å². The fourth-order valence-electron chi connectivity index (χ4n) is 9.22. The number of benzene rings is 6. The molecule has 8 heteroatoms. The van der Waals surface area contributed by atoms with Crippen molar-refractivity contribution in [2.45, 2.75) is 78.7 Å². The van der Waals surface area contributed by atoms with Crippen molar-refractivity contribution in [2.24, 2.45) is 11.3 Å². The molecule has 6 aromatic carbocycles. The highest BCUT2D eigenvalue weighted by Crippen LogP contribution is 2.54. The van der Waals surface area contributed by atoms with E-state index in [1.807, 2.05) is 118 Å². The summed E-state index contributed by atoms with van der Waals surface area (Å²) < 4.78 is 16.2. The molecule has 1 heterocycles. The van der Waals surface area contributed by atoms with Crippen LogP contribution in [-0.2, 0) is 29.9 Å². The monoisotopic (exact) mass is 880 g/mol. The number of hydrogen-bond acceptors (Lipinski definition) is 7. The van der Waals surface area contributed by atoms with Crippen LogP contribution in [-0.4, -0.2) is 46.7 Å². The van der Waals surface area contributed by atoms with Crippen molar-refractivity contribution in [3.63, 3.8) is 0 Å². The molecule has 6 aromatic rings. The van der Waals surface area contributed by atoms with Crippen LogP contribution in [0.25, 0.3) is 0 Å². The van der Waals surface area contributed by atoms with Gasteiger partial charge in [0, 0.05) is 16.7 Å². The Labute approximate surface area is 388 Å². The van der Waals surface area contributed by atoms with Crippen molar-refractivity contribution in [2.75, 3.05) is 33.3 Å². The zero-order valence-corrected chi connectivity index (χ0v) is 40.2. The summed E-state index contributed by atoms with van der Waals surface area (Å²) in [6.45, 7) is 15.3. The number of nitrogens with zero attached hydrogens (tertiary/aromatic N) is 1. The van der Waals surface area contributed by atoms with E-state index in [9.17, 15) is 14.4 Å². The van der Waals surface area contributed by atoms with Gasteiger partial charge in [0.15, 0.2) is 0 Å². The Hall–Kier alpha value is -6.67. The molecular weight excluding hydrogens is 811 g/mol. The highest BCUT2D eigenvalue weighted by atomic mass is 16.7. The molecule has 0 aromatic heterocycles. The maximum atomic E-state index is 13.7. The first-order chi connectivity index (χ1) is 31.5. The third kappa shape index (κ3) is 13.0. The quantitative estimate of drug-likeness (QED) is 0.159. The lowest BCUT2D eigenvalue weighted by Gasteiger charge is -2.48. The maximum Gasteiger partial charge on any atom is 0.507 e. The summed E-state index contributed by atoms with van der Waals surface area (Å²) in [4.78, 5) is 35.1. The number of fused-ring (bicyclic) bond motifs is 1. The van der Waals surface area contributed by atoms with E-state index in [0.717, 1.165) is 33.9 Å². The number of rotatable bonds is 5. The molecule has 1 aliphatic heterocycles. The zero-order valence-electron chi connectivity index (χ0n) is 40.2. The summed E-state index contributed by atoms with van der Waals surface area (Å²) in [5.41, 5.74) is 7.61. The number of para-hydroxylation sites is 1. The van der Waals surface area contributed by atoms with Crippen LogP contribution in [0.4, 0.5) is 15.3 Å². The molecule has 1 atom stereocenters. The largest absolute Gasteiger partial charge is 0.507 e.